The Balaban J connectivity index is 2.13. The molecule has 118 valence electrons. The lowest BCUT2D eigenvalue weighted by atomic mass is 10.3. The van der Waals surface area contributed by atoms with Gasteiger partial charge in [-0.1, -0.05) is 18.5 Å². The first kappa shape index (κ1) is 15.8. The summed E-state index contributed by atoms with van der Waals surface area (Å²) in [6.07, 6.45) is 1.99. The highest BCUT2D eigenvalue weighted by molar-refractivity contribution is 7.99. The Bertz CT molecular complexity index is 824. The lowest BCUT2D eigenvalue weighted by Gasteiger charge is -2.15. The van der Waals surface area contributed by atoms with Gasteiger partial charge in [-0.15, -0.1) is 11.8 Å². The average Bonchev–Trinajstić information content (AvgIpc) is 2.81. The van der Waals surface area contributed by atoms with Crippen LogP contribution >= 0.6 is 34.7 Å². The molecule has 0 bridgehead atoms. The SMILES string of the molecule is CCSc1cc(N=c2sc(=O)n3n2CCCC3)c(F)cc1Cl. The van der Waals surface area contributed by atoms with Gasteiger partial charge in [-0.25, -0.2) is 14.1 Å². The number of rotatable bonds is 3. The van der Waals surface area contributed by atoms with Gasteiger partial charge in [-0.2, -0.15) is 0 Å². The van der Waals surface area contributed by atoms with Crippen LogP contribution < -0.4 is 9.67 Å². The first-order chi connectivity index (χ1) is 10.6. The summed E-state index contributed by atoms with van der Waals surface area (Å²) in [4.78, 5) is 17.6. The van der Waals surface area contributed by atoms with Crippen molar-refractivity contribution in [2.45, 2.75) is 37.8 Å². The summed E-state index contributed by atoms with van der Waals surface area (Å²) in [7, 11) is 0. The maximum Gasteiger partial charge on any atom is 0.325 e. The molecule has 3 rings (SSSR count). The molecule has 0 spiro atoms. The van der Waals surface area contributed by atoms with E-state index in [0.717, 1.165) is 41.4 Å². The van der Waals surface area contributed by atoms with Crippen molar-refractivity contribution < 1.29 is 4.39 Å². The van der Waals surface area contributed by atoms with Crippen LogP contribution in [0.25, 0.3) is 0 Å². The predicted molar refractivity (Wildman–Crippen MR) is 88.8 cm³/mol. The van der Waals surface area contributed by atoms with Gasteiger partial charge < -0.3 is 0 Å². The summed E-state index contributed by atoms with van der Waals surface area (Å²) in [5, 5.41) is 0.392. The molecule has 0 saturated carbocycles. The van der Waals surface area contributed by atoms with E-state index in [4.69, 9.17) is 11.6 Å². The van der Waals surface area contributed by atoms with Crippen molar-refractivity contribution in [1.29, 1.82) is 0 Å². The van der Waals surface area contributed by atoms with Gasteiger partial charge in [0.25, 0.3) is 0 Å². The van der Waals surface area contributed by atoms with Crippen LogP contribution in [-0.2, 0) is 13.1 Å². The third kappa shape index (κ3) is 3.02. The van der Waals surface area contributed by atoms with E-state index in [0.29, 0.717) is 16.4 Å². The second-order valence-corrected chi connectivity index (χ2v) is 7.51. The van der Waals surface area contributed by atoms with Gasteiger partial charge in [0, 0.05) is 18.0 Å². The maximum atomic E-state index is 14.1. The lowest BCUT2D eigenvalue weighted by molar-refractivity contribution is 0.345. The van der Waals surface area contributed by atoms with E-state index in [1.54, 1.807) is 22.5 Å². The van der Waals surface area contributed by atoms with Crippen LogP contribution in [0.2, 0.25) is 5.02 Å². The van der Waals surface area contributed by atoms with E-state index in [9.17, 15) is 9.18 Å². The zero-order valence-corrected chi connectivity index (χ0v) is 14.4. The number of benzene rings is 1. The van der Waals surface area contributed by atoms with E-state index in [1.165, 1.54) is 6.07 Å². The number of halogens is 2. The number of aromatic nitrogens is 2. The fourth-order valence-corrected chi connectivity index (χ4v) is 4.30. The average molecular weight is 360 g/mol. The highest BCUT2D eigenvalue weighted by Crippen LogP contribution is 2.32. The molecule has 1 aromatic heterocycles. The molecule has 1 aromatic carbocycles. The summed E-state index contributed by atoms with van der Waals surface area (Å²) in [6, 6.07) is 2.94. The fraction of sp³-hybridized carbons (Fsp3) is 0.429. The third-order valence-electron chi connectivity index (χ3n) is 3.41. The van der Waals surface area contributed by atoms with Gasteiger partial charge in [-0.3, -0.25) is 9.48 Å². The standard InChI is InChI=1S/C14H15ClFN3OS2/c1-2-21-12-8-11(10(16)7-9(12)15)17-13-18-5-3-4-6-19(18)14(20)22-13/h7-8H,2-6H2,1H3. The first-order valence-electron chi connectivity index (χ1n) is 7.07. The summed E-state index contributed by atoms with van der Waals surface area (Å²) >= 11 is 8.64. The Hall–Kier alpha value is -1.05. The molecule has 22 heavy (non-hydrogen) atoms. The van der Waals surface area contributed by atoms with Crippen molar-refractivity contribution in [3.05, 3.63) is 37.4 Å². The van der Waals surface area contributed by atoms with Gasteiger partial charge in [0.05, 0.1) is 5.02 Å². The molecule has 2 heterocycles. The zero-order chi connectivity index (χ0) is 15.7. The van der Waals surface area contributed by atoms with Crippen molar-refractivity contribution in [3.63, 3.8) is 0 Å². The normalized spacial score (nSPS) is 15.1. The third-order valence-corrected chi connectivity index (χ3v) is 5.64. The summed E-state index contributed by atoms with van der Waals surface area (Å²) in [5.41, 5.74) is 0.225. The molecule has 1 aliphatic rings. The molecule has 2 aromatic rings. The molecule has 0 unspecified atom stereocenters. The van der Waals surface area contributed by atoms with Crippen molar-refractivity contribution >= 4 is 40.4 Å². The van der Waals surface area contributed by atoms with E-state index < -0.39 is 5.82 Å². The molecule has 0 radical (unpaired) electrons. The van der Waals surface area contributed by atoms with E-state index in [2.05, 4.69) is 4.99 Å². The Labute approximate surface area is 140 Å². The molecule has 0 saturated heterocycles. The van der Waals surface area contributed by atoms with Gasteiger partial charge in [-0.05, 0) is 42.1 Å². The Kier molecular flexibility index (Phi) is 4.75. The van der Waals surface area contributed by atoms with Gasteiger partial charge in [0.1, 0.15) is 11.5 Å². The highest BCUT2D eigenvalue weighted by Gasteiger charge is 2.14. The van der Waals surface area contributed by atoms with Crippen LogP contribution in [0.3, 0.4) is 0 Å². The van der Waals surface area contributed by atoms with Crippen LogP contribution in [0.4, 0.5) is 10.1 Å². The Morgan fingerprint density at radius 1 is 1.36 bits per heavy atom. The first-order valence-corrected chi connectivity index (χ1v) is 9.25. The second kappa shape index (κ2) is 6.60. The van der Waals surface area contributed by atoms with Crippen molar-refractivity contribution in [2.75, 3.05) is 5.75 Å². The van der Waals surface area contributed by atoms with Crippen molar-refractivity contribution in [3.8, 4) is 0 Å². The largest absolute Gasteiger partial charge is 0.325 e. The summed E-state index contributed by atoms with van der Waals surface area (Å²) < 4.78 is 17.6. The molecule has 0 fully saturated rings. The quantitative estimate of drug-likeness (QED) is 0.785. The minimum atomic E-state index is -0.471. The van der Waals surface area contributed by atoms with E-state index >= 15 is 0 Å². The molecule has 0 aliphatic carbocycles. The molecular formula is C14H15ClFN3OS2. The molecule has 4 nitrogen and oxygen atoms in total. The molecule has 8 heteroatoms. The smallest absolute Gasteiger partial charge is 0.256 e. The lowest BCUT2D eigenvalue weighted by Crippen LogP contribution is -2.31. The molecule has 0 amide bonds. The number of hydrogen-bond donors (Lipinski definition) is 0. The Morgan fingerprint density at radius 2 is 2.09 bits per heavy atom. The molecular weight excluding hydrogens is 345 g/mol. The number of nitrogens with zero attached hydrogens (tertiary/aromatic N) is 3. The number of fused-ring (bicyclic) bond motifs is 1. The van der Waals surface area contributed by atoms with Gasteiger partial charge >= 0.3 is 4.87 Å². The maximum absolute atomic E-state index is 14.1. The van der Waals surface area contributed by atoms with Crippen LogP contribution in [0, 0.1) is 5.82 Å². The minimum absolute atomic E-state index is 0.0454. The van der Waals surface area contributed by atoms with Gasteiger partial charge in [0.2, 0.25) is 4.80 Å². The fourth-order valence-electron chi connectivity index (χ4n) is 2.39. The van der Waals surface area contributed by atoms with E-state index in [-0.39, 0.29) is 10.6 Å². The summed E-state index contributed by atoms with van der Waals surface area (Å²) in [5.74, 6) is 0.371. The number of hydrogen-bond acceptors (Lipinski definition) is 4. The van der Waals surface area contributed by atoms with Crippen molar-refractivity contribution in [2.24, 2.45) is 4.99 Å². The monoisotopic (exact) mass is 359 g/mol. The zero-order valence-electron chi connectivity index (χ0n) is 12.0. The van der Waals surface area contributed by atoms with Crippen LogP contribution in [0.1, 0.15) is 19.8 Å². The molecule has 1 aliphatic heterocycles. The van der Waals surface area contributed by atoms with Crippen LogP contribution in [0.15, 0.2) is 26.8 Å². The Morgan fingerprint density at radius 3 is 2.82 bits per heavy atom. The van der Waals surface area contributed by atoms with Crippen LogP contribution in [-0.4, -0.2) is 15.1 Å². The van der Waals surface area contributed by atoms with Crippen molar-refractivity contribution in [1.82, 2.24) is 9.36 Å². The molecule has 0 atom stereocenters. The summed E-state index contributed by atoms with van der Waals surface area (Å²) in [6.45, 7) is 3.45. The highest BCUT2D eigenvalue weighted by atomic mass is 35.5. The minimum Gasteiger partial charge on any atom is -0.256 e. The topological polar surface area (TPSA) is 39.3 Å². The van der Waals surface area contributed by atoms with Crippen LogP contribution in [0.5, 0.6) is 0 Å². The predicted octanol–water partition coefficient (Wildman–Crippen LogP) is 3.64. The second-order valence-electron chi connectivity index (χ2n) is 4.88. The van der Waals surface area contributed by atoms with Gasteiger partial charge in [0.15, 0.2) is 0 Å². The number of thioether (sulfide) groups is 1. The van der Waals surface area contributed by atoms with E-state index in [1.807, 2.05) is 11.6 Å². The molecule has 0 N–H and O–H groups in total.